The number of aromatic nitrogens is 1. The standard InChI is InChI=1S/C26H19N2O3.Pt/c1-26-20-10-3-2-6-17(20)15-22(26)31-25(28-26)18-8-4-9-19(14-18)30-23-13-12-16-7-5-11-21(29)24(16)27-23;/h2-13,22,29H,15H2,1H3;/q-1;/t22-,26+;/m1./s1/i22D;. The van der Waals surface area contributed by atoms with Crippen LogP contribution in [0.15, 0.2) is 77.8 Å². The van der Waals surface area contributed by atoms with E-state index in [-0.39, 0.29) is 26.8 Å². The summed E-state index contributed by atoms with van der Waals surface area (Å²) in [6.45, 7) is 1.95. The molecule has 0 saturated heterocycles. The summed E-state index contributed by atoms with van der Waals surface area (Å²) in [6, 6.07) is 25.4. The third-order valence-electron chi connectivity index (χ3n) is 5.87. The number of rotatable bonds is 3. The van der Waals surface area contributed by atoms with Crippen molar-refractivity contribution in [2.75, 3.05) is 0 Å². The summed E-state index contributed by atoms with van der Waals surface area (Å²) in [4.78, 5) is 9.24. The van der Waals surface area contributed by atoms with Crippen molar-refractivity contribution in [3.8, 4) is 17.4 Å². The van der Waals surface area contributed by atoms with Crippen molar-refractivity contribution in [3.63, 3.8) is 0 Å². The van der Waals surface area contributed by atoms with Crippen LogP contribution in [0, 0.1) is 6.07 Å². The van der Waals surface area contributed by atoms with Crippen LogP contribution >= 0.6 is 0 Å². The molecule has 1 aromatic heterocycles. The van der Waals surface area contributed by atoms with E-state index in [9.17, 15) is 5.11 Å². The van der Waals surface area contributed by atoms with Gasteiger partial charge in [0.2, 0.25) is 5.88 Å². The molecule has 0 amide bonds. The van der Waals surface area contributed by atoms with Gasteiger partial charge in [0.15, 0.2) is 0 Å². The van der Waals surface area contributed by atoms with Crippen LogP contribution in [0.1, 0.15) is 25.0 Å². The monoisotopic (exact) mass is 603 g/mol. The number of fused-ring (bicyclic) bond motifs is 4. The van der Waals surface area contributed by atoms with E-state index in [1.54, 1.807) is 24.3 Å². The Morgan fingerprint density at radius 2 is 1.94 bits per heavy atom. The number of phenols is 1. The fraction of sp³-hybridized carbons (Fsp3) is 0.154. The summed E-state index contributed by atoms with van der Waals surface area (Å²) in [7, 11) is 0. The normalized spacial score (nSPS) is 23.4. The number of ether oxygens (including phenoxy) is 2. The molecule has 2 atom stereocenters. The third-order valence-corrected chi connectivity index (χ3v) is 5.87. The summed E-state index contributed by atoms with van der Waals surface area (Å²) < 4.78 is 21.0. The molecular formula is C26H19N2O3Pt-. The van der Waals surface area contributed by atoms with E-state index >= 15 is 0 Å². The molecule has 0 spiro atoms. The van der Waals surface area contributed by atoms with Crippen LogP contribution in [-0.2, 0) is 37.8 Å². The molecule has 162 valence electrons. The Morgan fingerprint density at radius 1 is 1.09 bits per heavy atom. The van der Waals surface area contributed by atoms with E-state index < -0.39 is 11.6 Å². The average Bonchev–Trinajstić information content (AvgIpc) is 3.17. The molecular weight excluding hydrogens is 583 g/mol. The number of nitrogens with zero attached hydrogens (tertiary/aromatic N) is 2. The molecule has 6 heteroatoms. The average molecular weight is 604 g/mol. The van der Waals surface area contributed by atoms with Crippen molar-refractivity contribution in [1.29, 1.82) is 0 Å². The van der Waals surface area contributed by atoms with Crippen molar-refractivity contribution in [2.45, 2.75) is 25.0 Å². The number of phenolic OH excluding ortho intramolecular Hbond substituents is 1. The summed E-state index contributed by atoms with van der Waals surface area (Å²) in [5, 5.41) is 10.9. The molecule has 1 N–H and O–H groups in total. The molecule has 1 aliphatic heterocycles. The summed E-state index contributed by atoms with van der Waals surface area (Å²) in [6.07, 6.45) is -0.707. The molecule has 0 fully saturated rings. The van der Waals surface area contributed by atoms with Gasteiger partial charge in [0.05, 0.1) is 1.37 Å². The van der Waals surface area contributed by atoms with E-state index in [1.165, 1.54) is 0 Å². The minimum absolute atomic E-state index is 0. The van der Waals surface area contributed by atoms with Crippen LogP contribution in [-0.4, -0.2) is 22.1 Å². The second-order valence-electron chi connectivity index (χ2n) is 7.88. The zero-order valence-corrected chi connectivity index (χ0v) is 19.4. The molecule has 1 aliphatic carbocycles. The van der Waals surface area contributed by atoms with E-state index in [0.29, 0.717) is 35.0 Å². The molecule has 32 heavy (non-hydrogen) atoms. The quantitative estimate of drug-likeness (QED) is 0.330. The molecule has 6 rings (SSSR count). The van der Waals surface area contributed by atoms with Gasteiger partial charge in [-0.3, -0.25) is 4.99 Å². The van der Waals surface area contributed by atoms with Gasteiger partial charge in [-0.2, -0.15) is 0 Å². The predicted molar refractivity (Wildman–Crippen MR) is 118 cm³/mol. The summed E-state index contributed by atoms with van der Waals surface area (Å²) in [5.41, 5.74) is 2.43. The van der Waals surface area contributed by atoms with Gasteiger partial charge in [0, 0.05) is 44.7 Å². The van der Waals surface area contributed by atoms with Crippen molar-refractivity contribution in [3.05, 3.63) is 95.6 Å². The number of benzene rings is 3. The fourth-order valence-corrected chi connectivity index (χ4v) is 4.28. The van der Waals surface area contributed by atoms with E-state index in [1.807, 2.05) is 55.5 Å². The minimum Gasteiger partial charge on any atom is -0.514 e. The van der Waals surface area contributed by atoms with Gasteiger partial charge < -0.3 is 14.6 Å². The number of pyridine rings is 1. The van der Waals surface area contributed by atoms with Gasteiger partial charge in [-0.25, -0.2) is 4.98 Å². The molecule has 0 bridgehead atoms. The Bertz CT molecular complexity index is 1430. The second-order valence-corrected chi connectivity index (χ2v) is 7.88. The molecule has 0 unspecified atom stereocenters. The van der Waals surface area contributed by atoms with Crippen LogP contribution in [0.25, 0.3) is 10.9 Å². The third kappa shape index (κ3) is 3.28. The molecule has 0 saturated carbocycles. The Labute approximate surface area is 201 Å². The fourth-order valence-electron chi connectivity index (χ4n) is 4.28. The van der Waals surface area contributed by atoms with Gasteiger partial charge in [-0.05, 0) is 30.2 Å². The zero-order chi connectivity index (χ0) is 21.9. The van der Waals surface area contributed by atoms with Gasteiger partial charge in [-0.1, -0.05) is 48.0 Å². The van der Waals surface area contributed by atoms with Crippen LogP contribution < -0.4 is 4.74 Å². The number of aliphatic imine (C=N–C) groups is 1. The molecule has 2 heterocycles. The maximum absolute atomic E-state index is 10.1. The number of hydrogen-bond donors (Lipinski definition) is 1. The van der Waals surface area contributed by atoms with Crippen LogP contribution in [0.2, 0.25) is 0 Å². The van der Waals surface area contributed by atoms with Crippen molar-refractivity contribution in [2.24, 2.45) is 4.99 Å². The summed E-state index contributed by atoms with van der Waals surface area (Å²) >= 11 is 0. The number of hydrogen-bond acceptors (Lipinski definition) is 5. The Balaban J connectivity index is 0.00000228. The first-order chi connectivity index (χ1) is 15.5. The predicted octanol–water partition coefficient (Wildman–Crippen LogP) is 5.15. The molecule has 5 nitrogen and oxygen atoms in total. The van der Waals surface area contributed by atoms with Crippen molar-refractivity contribution < 1.29 is 37.0 Å². The molecule has 0 radical (unpaired) electrons. The minimum atomic E-state index is -1.19. The SMILES string of the molecule is [2H][C@@]12Cc3ccccc3[C@]1(C)N=C(c1[c-]c(Oc3ccc4cccc(O)c4n3)ccc1)O2.[Pt]. The van der Waals surface area contributed by atoms with Gasteiger partial charge in [0.1, 0.15) is 28.8 Å². The molecule has 4 aromatic rings. The van der Waals surface area contributed by atoms with Gasteiger partial charge >= 0.3 is 0 Å². The first-order valence-corrected chi connectivity index (χ1v) is 10.1. The van der Waals surface area contributed by atoms with Crippen LogP contribution in [0.4, 0.5) is 0 Å². The van der Waals surface area contributed by atoms with E-state index in [0.717, 1.165) is 16.5 Å². The van der Waals surface area contributed by atoms with E-state index in [2.05, 4.69) is 11.1 Å². The van der Waals surface area contributed by atoms with Crippen molar-refractivity contribution >= 4 is 16.8 Å². The van der Waals surface area contributed by atoms with Crippen LogP contribution in [0.3, 0.4) is 0 Å². The molecule has 2 aliphatic rings. The maximum atomic E-state index is 10.1. The van der Waals surface area contributed by atoms with Gasteiger partial charge in [-0.15, -0.1) is 18.2 Å². The van der Waals surface area contributed by atoms with Gasteiger partial charge in [0.25, 0.3) is 0 Å². The molecule has 3 aromatic carbocycles. The largest absolute Gasteiger partial charge is 0.514 e. The smallest absolute Gasteiger partial charge is 0.217 e. The van der Waals surface area contributed by atoms with Crippen LogP contribution in [0.5, 0.6) is 17.4 Å². The first kappa shape index (κ1) is 19.5. The Kier molecular flexibility index (Phi) is 4.73. The second kappa shape index (κ2) is 7.75. The number of aromatic hydroxyl groups is 1. The number of para-hydroxylation sites is 1. The zero-order valence-electron chi connectivity index (χ0n) is 18.1. The van der Waals surface area contributed by atoms with Crippen molar-refractivity contribution in [1.82, 2.24) is 4.98 Å². The first-order valence-electron chi connectivity index (χ1n) is 10.6. The van der Waals surface area contributed by atoms with E-state index in [4.69, 9.17) is 15.8 Å². The Morgan fingerprint density at radius 3 is 2.84 bits per heavy atom. The summed E-state index contributed by atoms with van der Waals surface area (Å²) in [5.74, 6) is 1.26. The maximum Gasteiger partial charge on any atom is 0.217 e. The Hall–Kier alpha value is -3.17. The topological polar surface area (TPSA) is 63.9 Å².